The van der Waals surface area contributed by atoms with Gasteiger partial charge in [0, 0.05) is 9.50 Å². The fraction of sp³-hybridized carbons (Fsp3) is 0.0556. The van der Waals surface area contributed by atoms with E-state index >= 15 is 0 Å². The van der Waals surface area contributed by atoms with Gasteiger partial charge in [0.25, 0.3) is 5.56 Å². The first-order valence-corrected chi connectivity index (χ1v) is 8.73. The van der Waals surface area contributed by atoms with Gasteiger partial charge in [-0.25, -0.2) is 9.67 Å². The van der Waals surface area contributed by atoms with Crippen LogP contribution in [0.3, 0.4) is 0 Å². The van der Waals surface area contributed by atoms with Crippen molar-refractivity contribution in [2.75, 3.05) is 0 Å². The quantitative estimate of drug-likeness (QED) is 0.507. The first-order valence-electron chi connectivity index (χ1n) is 7.56. The lowest BCUT2D eigenvalue weighted by molar-refractivity contribution is 0.745. The van der Waals surface area contributed by atoms with Crippen molar-refractivity contribution in [3.05, 3.63) is 86.5 Å². The second-order valence-electron chi connectivity index (χ2n) is 5.54. The number of hydrogen-bond acceptors (Lipinski definition) is 3. The molecule has 2 aromatic heterocycles. The van der Waals surface area contributed by atoms with E-state index in [1.165, 1.54) is 10.9 Å². The van der Waals surface area contributed by atoms with Crippen molar-refractivity contribution in [2.24, 2.45) is 0 Å². The van der Waals surface area contributed by atoms with Crippen LogP contribution in [0, 0.1) is 0 Å². The van der Waals surface area contributed by atoms with Gasteiger partial charge in [0.2, 0.25) is 0 Å². The summed E-state index contributed by atoms with van der Waals surface area (Å²) >= 11 is 9.59. The molecule has 0 bridgehead atoms. The molecule has 25 heavy (non-hydrogen) atoms. The van der Waals surface area contributed by atoms with Crippen molar-refractivity contribution < 1.29 is 0 Å². The van der Waals surface area contributed by atoms with Gasteiger partial charge in [0.05, 0.1) is 18.4 Å². The van der Waals surface area contributed by atoms with Crippen molar-refractivity contribution in [3.8, 4) is 5.69 Å². The van der Waals surface area contributed by atoms with Gasteiger partial charge in [-0.05, 0) is 35.9 Å². The Morgan fingerprint density at radius 1 is 1.08 bits per heavy atom. The van der Waals surface area contributed by atoms with Crippen LogP contribution in [0.4, 0.5) is 0 Å². The smallest absolute Gasteiger partial charge is 0.264 e. The number of halogens is 2. The molecule has 0 fully saturated rings. The Kier molecular flexibility index (Phi) is 4.15. The van der Waals surface area contributed by atoms with Gasteiger partial charge in [-0.2, -0.15) is 5.10 Å². The minimum absolute atomic E-state index is 0.145. The maximum absolute atomic E-state index is 12.8. The Balaban J connectivity index is 1.78. The molecule has 0 unspecified atom stereocenters. The third kappa shape index (κ3) is 2.99. The highest BCUT2D eigenvalue weighted by Crippen LogP contribution is 2.18. The molecule has 0 radical (unpaired) electrons. The van der Waals surface area contributed by atoms with Gasteiger partial charge in [0.15, 0.2) is 5.65 Å². The summed E-state index contributed by atoms with van der Waals surface area (Å²) in [4.78, 5) is 17.2. The lowest BCUT2D eigenvalue weighted by atomic mass is 10.2. The molecule has 2 heterocycles. The summed E-state index contributed by atoms with van der Waals surface area (Å²) in [6.45, 7) is 0.366. The topological polar surface area (TPSA) is 52.7 Å². The average Bonchev–Trinajstić information content (AvgIpc) is 3.05. The zero-order valence-electron chi connectivity index (χ0n) is 12.9. The van der Waals surface area contributed by atoms with Crippen molar-refractivity contribution in [2.45, 2.75) is 6.54 Å². The first kappa shape index (κ1) is 16.1. The molecule has 5 nitrogen and oxygen atoms in total. The number of nitrogens with zero attached hydrogens (tertiary/aromatic N) is 4. The molecule has 0 amide bonds. The Labute approximate surface area is 156 Å². The first-order chi connectivity index (χ1) is 12.1. The highest BCUT2D eigenvalue weighted by molar-refractivity contribution is 9.10. The summed E-state index contributed by atoms with van der Waals surface area (Å²) in [5, 5.41) is 5.42. The van der Waals surface area contributed by atoms with E-state index in [0.717, 1.165) is 15.7 Å². The molecule has 0 aliphatic heterocycles. The highest BCUT2D eigenvalue weighted by Gasteiger charge is 2.12. The van der Waals surface area contributed by atoms with Gasteiger partial charge in [-0.15, -0.1) is 0 Å². The highest BCUT2D eigenvalue weighted by atomic mass is 79.9. The molecule has 0 aliphatic carbocycles. The van der Waals surface area contributed by atoms with E-state index in [2.05, 4.69) is 26.0 Å². The zero-order valence-corrected chi connectivity index (χ0v) is 15.3. The minimum Gasteiger partial charge on any atom is -0.294 e. The third-order valence-corrected chi connectivity index (χ3v) is 4.82. The van der Waals surface area contributed by atoms with Crippen molar-refractivity contribution in [1.82, 2.24) is 19.3 Å². The SMILES string of the molecule is O=c1c2cnn(-c3ccc(Br)cc3)c2ncn1Cc1ccccc1Cl. The lowest BCUT2D eigenvalue weighted by Gasteiger charge is -2.08. The number of benzene rings is 2. The standard InChI is InChI=1S/C18H12BrClN4O/c19-13-5-7-14(8-6-13)24-17-15(9-22-24)18(25)23(11-21-17)10-12-3-1-2-4-16(12)20/h1-9,11H,10H2. The third-order valence-electron chi connectivity index (χ3n) is 3.92. The second kappa shape index (κ2) is 6.46. The predicted octanol–water partition coefficient (Wildman–Crippen LogP) is 4.05. The molecule has 7 heteroatoms. The van der Waals surface area contributed by atoms with Crippen LogP contribution in [0.5, 0.6) is 0 Å². The molecule has 0 atom stereocenters. The molecular weight excluding hydrogens is 404 g/mol. The lowest BCUT2D eigenvalue weighted by Crippen LogP contribution is -2.21. The van der Waals surface area contributed by atoms with Crippen LogP contribution in [0.1, 0.15) is 5.56 Å². The van der Waals surface area contributed by atoms with E-state index in [9.17, 15) is 4.79 Å². The van der Waals surface area contributed by atoms with Crippen molar-refractivity contribution in [1.29, 1.82) is 0 Å². The van der Waals surface area contributed by atoms with Crippen molar-refractivity contribution in [3.63, 3.8) is 0 Å². The molecule has 0 saturated carbocycles. The number of rotatable bonds is 3. The van der Waals surface area contributed by atoms with Gasteiger partial charge in [-0.1, -0.05) is 45.7 Å². The Bertz CT molecular complexity index is 1120. The van der Waals surface area contributed by atoms with Crippen LogP contribution in [0.25, 0.3) is 16.7 Å². The number of hydrogen-bond donors (Lipinski definition) is 0. The van der Waals surface area contributed by atoms with Gasteiger partial charge in [0.1, 0.15) is 11.7 Å². The molecular formula is C18H12BrClN4O. The van der Waals surface area contributed by atoms with E-state index in [0.29, 0.717) is 22.6 Å². The Hall–Kier alpha value is -2.44. The molecule has 2 aromatic carbocycles. The Morgan fingerprint density at radius 2 is 1.84 bits per heavy atom. The second-order valence-corrected chi connectivity index (χ2v) is 6.86. The zero-order chi connectivity index (χ0) is 17.4. The van der Waals surface area contributed by atoms with Crippen LogP contribution in [0.2, 0.25) is 5.02 Å². The molecule has 4 aromatic rings. The van der Waals surface area contributed by atoms with Gasteiger partial charge < -0.3 is 0 Å². The largest absolute Gasteiger partial charge is 0.294 e. The number of fused-ring (bicyclic) bond motifs is 1. The minimum atomic E-state index is -0.145. The van der Waals surface area contributed by atoms with Crippen LogP contribution < -0.4 is 5.56 Å². The molecule has 0 aliphatic rings. The summed E-state index contributed by atoms with van der Waals surface area (Å²) < 4.78 is 4.17. The summed E-state index contributed by atoms with van der Waals surface area (Å²) in [6.07, 6.45) is 3.08. The van der Waals surface area contributed by atoms with Crippen LogP contribution in [-0.4, -0.2) is 19.3 Å². The van der Waals surface area contributed by atoms with Gasteiger partial charge in [-0.3, -0.25) is 9.36 Å². The molecule has 0 N–H and O–H groups in total. The van der Waals surface area contributed by atoms with E-state index in [1.807, 2.05) is 42.5 Å². The van der Waals surface area contributed by atoms with E-state index in [-0.39, 0.29) is 5.56 Å². The van der Waals surface area contributed by atoms with Gasteiger partial charge >= 0.3 is 0 Å². The maximum atomic E-state index is 12.8. The summed E-state index contributed by atoms with van der Waals surface area (Å²) in [6, 6.07) is 15.1. The normalized spacial score (nSPS) is 11.1. The Morgan fingerprint density at radius 3 is 2.60 bits per heavy atom. The molecule has 4 rings (SSSR count). The van der Waals surface area contributed by atoms with E-state index in [1.54, 1.807) is 16.9 Å². The maximum Gasteiger partial charge on any atom is 0.264 e. The number of aromatic nitrogens is 4. The molecule has 0 spiro atoms. The summed E-state index contributed by atoms with van der Waals surface area (Å²) in [7, 11) is 0. The summed E-state index contributed by atoms with van der Waals surface area (Å²) in [5.41, 5.74) is 2.10. The van der Waals surface area contributed by atoms with Crippen LogP contribution >= 0.6 is 27.5 Å². The fourth-order valence-electron chi connectivity index (χ4n) is 2.64. The van der Waals surface area contributed by atoms with Crippen LogP contribution in [0.15, 0.2) is 70.3 Å². The van der Waals surface area contributed by atoms with E-state index < -0.39 is 0 Å². The summed E-state index contributed by atoms with van der Waals surface area (Å²) in [5.74, 6) is 0. The van der Waals surface area contributed by atoms with E-state index in [4.69, 9.17) is 11.6 Å². The predicted molar refractivity (Wildman–Crippen MR) is 101 cm³/mol. The molecule has 124 valence electrons. The monoisotopic (exact) mass is 414 g/mol. The van der Waals surface area contributed by atoms with Crippen molar-refractivity contribution >= 4 is 38.6 Å². The molecule has 0 saturated heterocycles. The fourth-order valence-corrected chi connectivity index (χ4v) is 3.10. The average molecular weight is 416 g/mol. The van der Waals surface area contributed by atoms with Crippen LogP contribution in [-0.2, 0) is 6.54 Å².